The molecule has 1 aromatic carbocycles. The van der Waals surface area contributed by atoms with E-state index >= 15 is 0 Å². The van der Waals surface area contributed by atoms with Crippen molar-refractivity contribution in [2.75, 3.05) is 33.4 Å². The van der Waals surface area contributed by atoms with E-state index in [1.807, 2.05) is 6.07 Å². The number of hydrogen-bond donors (Lipinski definition) is 0. The SMILES string of the molecule is COc1ccc(C(C)(C)C)cc1S(=O)(=O)N1CCOCC1. The van der Waals surface area contributed by atoms with Gasteiger partial charge in [0.25, 0.3) is 0 Å². The lowest BCUT2D eigenvalue weighted by atomic mass is 9.87. The molecule has 0 N–H and O–H groups in total. The summed E-state index contributed by atoms with van der Waals surface area (Å²) in [5, 5.41) is 0. The summed E-state index contributed by atoms with van der Waals surface area (Å²) in [7, 11) is -2.07. The third-order valence-corrected chi connectivity index (χ3v) is 5.54. The van der Waals surface area contributed by atoms with Gasteiger partial charge < -0.3 is 9.47 Å². The molecule has 1 fully saturated rings. The van der Waals surface area contributed by atoms with Gasteiger partial charge in [-0.1, -0.05) is 26.8 Å². The first-order valence-corrected chi connectivity index (χ1v) is 8.47. The van der Waals surface area contributed by atoms with E-state index in [9.17, 15) is 8.42 Å². The lowest BCUT2D eigenvalue weighted by Gasteiger charge is -2.28. The van der Waals surface area contributed by atoms with E-state index in [0.717, 1.165) is 5.56 Å². The number of nitrogens with zero attached hydrogens (tertiary/aromatic N) is 1. The minimum absolute atomic E-state index is 0.123. The number of benzene rings is 1. The van der Waals surface area contributed by atoms with E-state index < -0.39 is 10.0 Å². The predicted octanol–water partition coefficient (Wildman–Crippen LogP) is 2.01. The van der Waals surface area contributed by atoms with Crippen molar-refractivity contribution in [3.8, 4) is 5.75 Å². The van der Waals surface area contributed by atoms with Gasteiger partial charge in [-0.05, 0) is 23.1 Å². The summed E-state index contributed by atoms with van der Waals surface area (Å²) in [4.78, 5) is 0.235. The second kappa shape index (κ2) is 5.94. The van der Waals surface area contributed by atoms with Gasteiger partial charge in [-0.15, -0.1) is 0 Å². The molecule has 1 aliphatic heterocycles. The molecule has 0 aromatic heterocycles. The first-order chi connectivity index (χ1) is 9.76. The molecule has 5 nitrogen and oxygen atoms in total. The van der Waals surface area contributed by atoms with Gasteiger partial charge in [-0.25, -0.2) is 8.42 Å². The number of sulfonamides is 1. The first kappa shape index (κ1) is 16.3. The van der Waals surface area contributed by atoms with Gasteiger partial charge in [0, 0.05) is 13.1 Å². The Morgan fingerprint density at radius 3 is 2.33 bits per heavy atom. The second-order valence-corrected chi connectivity index (χ2v) is 8.04. The number of morpholine rings is 1. The van der Waals surface area contributed by atoms with Crippen molar-refractivity contribution in [2.45, 2.75) is 31.1 Å². The van der Waals surface area contributed by atoms with Crippen LogP contribution in [-0.4, -0.2) is 46.1 Å². The van der Waals surface area contributed by atoms with E-state index in [1.54, 1.807) is 12.1 Å². The molecule has 0 spiro atoms. The highest BCUT2D eigenvalue weighted by molar-refractivity contribution is 7.89. The van der Waals surface area contributed by atoms with Crippen molar-refractivity contribution < 1.29 is 17.9 Å². The van der Waals surface area contributed by atoms with E-state index in [2.05, 4.69) is 20.8 Å². The molecule has 118 valence electrons. The molecular formula is C15H23NO4S. The molecule has 0 atom stereocenters. The van der Waals surface area contributed by atoms with Gasteiger partial charge in [-0.2, -0.15) is 4.31 Å². The van der Waals surface area contributed by atoms with Crippen LogP contribution in [0.4, 0.5) is 0 Å². The van der Waals surface area contributed by atoms with Gasteiger partial charge in [0.1, 0.15) is 10.6 Å². The molecule has 0 radical (unpaired) electrons. The van der Waals surface area contributed by atoms with Crippen molar-refractivity contribution in [1.82, 2.24) is 4.31 Å². The van der Waals surface area contributed by atoms with Crippen molar-refractivity contribution in [2.24, 2.45) is 0 Å². The Balaban J connectivity index is 2.49. The molecule has 0 amide bonds. The van der Waals surface area contributed by atoms with Crippen LogP contribution in [0.5, 0.6) is 5.75 Å². The van der Waals surface area contributed by atoms with Gasteiger partial charge in [0.15, 0.2) is 0 Å². The minimum Gasteiger partial charge on any atom is -0.495 e. The second-order valence-electron chi connectivity index (χ2n) is 6.13. The van der Waals surface area contributed by atoms with Crippen LogP contribution in [0.2, 0.25) is 0 Å². The summed E-state index contributed by atoms with van der Waals surface area (Å²) in [6.07, 6.45) is 0. The molecule has 0 saturated carbocycles. The lowest BCUT2D eigenvalue weighted by molar-refractivity contribution is 0.0729. The van der Waals surface area contributed by atoms with Crippen molar-refractivity contribution in [3.63, 3.8) is 0 Å². The number of hydrogen-bond acceptors (Lipinski definition) is 4. The van der Waals surface area contributed by atoms with E-state index in [1.165, 1.54) is 11.4 Å². The molecule has 6 heteroatoms. The van der Waals surface area contributed by atoms with Crippen LogP contribution in [0, 0.1) is 0 Å². The average molecular weight is 313 g/mol. The summed E-state index contributed by atoms with van der Waals surface area (Å²) >= 11 is 0. The fraction of sp³-hybridized carbons (Fsp3) is 0.600. The number of ether oxygens (including phenoxy) is 2. The maximum atomic E-state index is 12.8. The zero-order valence-electron chi connectivity index (χ0n) is 13.0. The van der Waals surface area contributed by atoms with Gasteiger partial charge in [0.05, 0.1) is 20.3 Å². The van der Waals surface area contributed by atoms with Gasteiger partial charge in [-0.3, -0.25) is 0 Å². The Kier molecular flexibility index (Phi) is 4.60. The fourth-order valence-electron chi connectivity index (χ4n) is 2.27. The highest BCUT2D eigenvalue weighted by Gasteiger charge is 2.30. The first-order valence-electron chi connectivity index (χ1n) is 7.03. The highest BCUT2D eigenvalue weighted by Crippen LogP contribution is 2.32. The predicted molar refractivity (Wildman–Crippen MR) is 81.3 cm³/mol. The molecule has 2 rings (SSSR count). The van der Waals surface area contributed by atoms with Crippen LogP contribution in [0.25, 0.3) is 0 Å². The van der Waals surface area contributed by atoms with Crippen LogP contribution >= 0.6 is 0 Å². The Labute approximate surface area is 126 Å². The van der Waals surface area contributed by atoms with Crippen molar-refractivity contribution in [3.05, 3.63) is 23.8 Å². The maximum absolute atomic E-state index is 12.8. The van der Waals surface area contributed by atoms with Crippen LogP contribution in [0.3, 0.4) is 0 Å². The van der Waals surface area contributed by atoms with Crippen LogP contribution in [-0.2, 0) is 20.2 Å². The zero-order chi connectivity index (χ0) is 15.7. The average Bonchev–Trinajstić information content (AvgIpc) is 2.46. The van der Waals surface area contributed by atoms with Gasteiger partial charge in [0.2, 0.25) is 10.0 Å². The van der Waals surface area contributed by atoms with Crippen LogP contribution in [0.1, 0.15) is 26.3 Å². The third-order valence-electron chi connectivity index (χ3n) is 3.62. The number of methoxy groups -OCH3 is 1. The van der Waals surface area contributed by atoms with Gasteiger partial charge >= 0.3 is 0 Å². The molecule has 1 aliphatic rings. The largest absolute Gasteiger partial charge is 0.495 e. The number of rotatable bonds is 3. The minimum atomic E-state index is -3.56. The highest BCUT2D eigenvalue weighted by atomic mass is 32.2. The smallest absolute Gasteiger partial charge is 0.246 e. The van der Waals surface area contributed by atoms with E-state index in [0.29, 0.717) is 32.1 Å². The molecule has 1 aromatic rings. The Morgan fingerprint density at radius 1 is 1.19 bits per heavy atom. The van der Waals surface area contributed by atoms with Crippen LogP contribution < -0.4 is 4.74 Å². The standard InChI is InChI=1S/C15H23NO4S/c1-15(2,3)12-5-6-13(19-4)14(11-12)21(17,18)16-7-9-20-10-8-16/h5-6,11H,7-10H2,1-4H3. The quantitative estimate of drug-likeness (QED) is 0.856. The molecule has 0 bridgehead atoms. The normalized spacial score (nSPS) is 17.7. The molecule has 0 aliphatic carbocycles. The molecule has 21 heavy (non-hydrogen) atoms. The third kappa shape index (κ3) is 3.39. The summed E-state index contributed by atoms with van der Waals surface area (Å²) in [6.45, 7) is 7.79. The molecule has 0 unspecified atom stereocenters. The summed E-state index contributed by atoms with van der Waals surface area (Å²) < 4.78 is 37.6. The van der Waals surface area contributed by atoms with E-state index in [4.69, 9.17) is 9.47 Å². The molecule has 1 heterocycles. The zero-order valence-corrected chi connectivity index (χ0v) is 13.9. The Hall–Kier alpha value is -1.11. The summed E-state index contributed by atoms with van der Waals surface area (Å²) in [5.74, 6) is 0.384. The summed E-state index contributed by atoms with van der Waals surface area (Å²) in [5.41, 5.74) is 0.844. The Bertz CT molecular complexity index is 599. The monoisotopic (exact) mass is 313 g/mol. The maximum Gasteiger partial charge on any atom is 0.246 e. The fourth-order valence-corrected chi connectivity index (χ4v) is 3.86. The molecule has 1 saturated heterocycles. The topological polar surface area (TPSA) is 55.8 Å². The van der Waals surface area contributed by atoms with E-state index in [-0.39, 0.29) is 10.3 Å². The lowest BCUT2D eigenvalue weighted by Crippen LogP contribution is -2.40. The van der Waals surface area contributed by atoms with Crippen molar-refractivity contribution in [1.29, 1.82) is 0 Å². The van der Waals surface area contributed by atoms with Crippen molar-refractivity contribution >= 4 is 10.0 Å². The van der Waals surface area contributed by atoms with Crippen LogP contribution in [0.15, 0.2) is 23.1 Å². The summed E-state index contributed by atoms with van der Waals surface area (Å²) in [6, 6.07) is 5.37. The molecular weight excluding hydrogens is 290 g/mol. The Morgan fingerprint density at radius 2 is 1.81 bits per heavy atom.